The topological polar surface area (TPSA) is 20.2 Å². The third-order valence-corrected chi connectivity index (χ3v) is 3.99. The van der Waals surface area contributed by atoms with Crippen molar-refractivity contribution in [3.05, 3.63) is 35.1 Å². The van der Waals surface area contributed by atoms with Crippen LogP contribution in [-0.4, -0.2) is 5.11 Å². The summed E-state index contributed by atoms with van der Waals surface area (Å²) in [6.07, 6.45) is 2.61. The summed E-state index contributed by atoms with van der Waals surface area (Å²) in [6.45, 7) is 2.08. The summed E-state index contributed by atoms with van der Waals surface area (Å²) in [5.74, 6) is -3.51. The van der Waals surface area contributed by atoms with Crippen LogP contribution in [0.1, 0.15) is 44.3 Å². The van der Waals surface area contributed by atoms with Gasteiger partial charge in [-0.2, -0.15) is 0 Å². The number of aliphatic hydroxyl groups is 1. The molecular formula is C14H17F3O. The molecule has 1 aromatic carbocycles. The summed E-state index contributed by atoms with van der Waals surface area (Å²) in [4.78, 5) is 0. The molecule has 2 rings (SSSR count). The number of aliphatic hydroxyl groups excluding tert-OH is 1. The first-order chi connectivity index (χ1) is 8.54. The maximum atomic E-state index is 13.6. The lowest BCUT2D eigenvalue weighted by Crippen LogP contribution is -2.13. The highest BCUT2D eigenvalue weighted by atomic mass is 19.2. The highest BCUT2D eigenvalue weighted by Gasteiger charge is 2.32. The number of hydrogen-bond acceptors (Lipinski definition) is 1. The Bertz CT molecular complexity index is 433. The van der Waals surface area contributed by atoms with Crippen molar-refractivity contribution in [2.45, 2.75) is 38.7 Å². The fourth-order valence-corrected chi connectivity index (χ4v) is 2.79. The van der Waals surface area contributed by atoms with Crippen LogP contribution in [0.2, 0.25) is 0 Å². The molecule has 0 aliphatic heterocycles. The van der Waals surface area contributed by atoms with Crippen LogP contribution in [0.15, 0.2) is 12.1 Å². The first-order valence-corrected chi connectivity index (χ1v) is 6.36. The van der Waals surface area contributed by atoms with Crippen LogP contribution in [0, 0.1) is 29.3 Å². The monoisotopic (exact) mass is 258 g/mol. The summed E-state index contributed by atoms with van der Waals surface area (Å²) < 4.78 is 39.5. The minimum atomic E-state index is -1.50. The number of halogens is 3. The van der Waals surface area contributed by atoms with Gasteiger partial charge in [-0.15, -0.1) is 0 Å². The molecule has 4 heteroatoms. The van der Waals surface area contributed by atoms with Gasteiger partial charge < -0.3 is 5.11 Å². The lowest BCUT2D eigenvalue weighted by molar-refractivity contribution is 0.104. The zero-order chi connectivity index (χ0) is 13.3. The van der Waals surface area contributed by atoms with E-state index in [1.165, 1.54) is 0 Å². The zero-order valence-corrected chi connectivity index (χ0v) is 10.3. The lowest BCUT2D eigenvalue weighted by Gasteiger charge is -2.19. The van der Waals surface area contributed by atoms with E-state index in [-0.39, 0.29) is 11.5 Å². The van der Waals surface area contributed by atoms with Crippen molar-refractivity contribution in [3.63, 3.8) is 0 Å². The molecule has 1 fully saturated rings. The minimum Gasteiger partial charge on any atom is -0.388 e. The van der Waals surface area contributed by atoms with Crippen molar-refractivity contribution >= 4 is 0 Å². The molecule has 1 N–H and O–H groups in total. The smallest absolute Gasteiger partial charge is 0.194 e. The molecule has 0 amide bonds. The van der Waals surface area contributed by atoms with Gasteiger partial charge in [0.15, 0.2) is 17.5 Å². The van der Waals surface area contributed by atoms with E-state index < -0.39 is 23.6 Å². The van der Waals surface area contributed by atoms with E-state index in [0.29, 0.717) is 5.92 Å². The predicted octanol–water partition coefficient (Wildman–Crippen LogP) is 3.96. The molecule has 1 aromatic rings. The van der Waals surface area contributed by atoms with E-state index in [1.807, 2.05) is 0 Å². The molecule has 0 bridgehead atoms. The van der Waals surface area contributed by atoms with Crippen LogP contribution >= 0.6 is 0 Å². The second-order valence-corrected chi connectivity index (χ2v) is 5.06. The molecule has 3 unspecified atom stereocenters. The number of benzene rings is 1. The molecule has 18 heavy (non-hydrogen) atoms. The van der Waals surface area contributed by atoms with Gasteiger partial charge in [-0.1, -0.05) is 25.8 Å². The molecule has 1 aliphatic rings. The third kappa shape index (κ3) is 2.39. The van der Waals surface area contributed by atoms with Crippen LogP contribution in [0.3, 0.4) is 0 Å². The van der Waals surface area contributed by atoms with Gasteiger partial charge in [-0.25, -0.2) is 13.2 Å². The van der Waals surface area contributed by atoms with Gasteiger partial charge in [0.2, 0.25) is 0 Å². The average molecular weight is 258 g/mol. The normalized spacial score (nSPS) is 25.4. The van der Waals surface area contributed by atoms with Gasteiger partial charge in [0.05, 0.1) is 6.10 Å². The van der Waals surface area contributed by atoms with E-state index in [2.05, 4.69) is 6.92 Å². The molecule has 0 heterocycles. The molecule has 0 radical (unpaired) electrons. The molecule has 0 saturated heterocycles. The standard InChI is InChI=1S/C14H17F3O/c1-2-8-3-4-9(7-8)14(18)10-5-6-11(15)13(17)12(10)16/h5-6,8-9,14,18H,2-4,7H2,1H3. The van der Waals surface area contributed by atoms with Crippen LogP contribution in [0.25, 0.3) is 0 Å². The van der Waals surface area contributed by atoms with Gasteiger partial charge >= 0.3 is 0 Å². The van der Waals surface area contributed by atoms with Crippen molar-refractivity contribution in [1.82, 2.24) is 0 Å². The van der Waals surface area contributed by atoms with Crippen molar-refractivity contribution in [2.75, 3.05) is 0 Å². The van der Waals surface area contributed by atoms with Crippen LogP contribution in [0.4, 0.5) is 13.2 Å². The summed E-state index contributed by atoms with van der Waals surface area (Å²) in [5, 5.41) is 10.1. The molecule has 0 aromatic heterocycles. The van der Waals surface area contributed by atoms with Crippen molar-refractivity contribution in [3.8, 4) is 0 Å². The molecule has 3 atom stereocenters. The molecule has 1 nitrogen and oxygen atoms in total. The van der Waals surface area contributed by atoms with Crippen molar-refractivity contribution in [2.24, 2.45) is 11.8 Å². The highest BCUT2D eigenvalue weighted by Crippen LogP contribution is 2.41. The Morgan fingerprint density at radius 2 is 1.94 bits per heavy atom. The number of hydrogen-bond donors (Lipinski definition) is 1. The molecule has 1 saturated carbocycles. The lowest BCUT2D eigenvalue weighted by atomic mass is 9.92. The Morgan fingerprint density at radius 1 is 1.22 bits per heavy atom. The Hall–Kier alpha value is -1.03. The van der Waals surface area contributed by atoms with Gasteiger partial charge in [0, 0.05) is 5.56 Å². The first kappa shape index (κ1) is 13.4. The van der Waals surface area contributed by atoms with Gasteiger partial charge in [-0.05, 0) is 30.7 Å². The largest absolute Gasteiger partial charge is 0.388 e. The molecular weight excluding hydrogens is 241 g/mol. The molecule has 100 valence electrons. The number of rotatable bonds is 3. The quantitative estimate of drug-likeness (QED) is 0.813. The van der Waals surface area contributed by atoms with Crippen molar-refractivity contribution < 1.29 is 18.3 Å². The highest BCUT2D eigenvalue weighted by molar-refractivity contribution is 5.23. The summed E-state index contributed by atoms with van der Waals surface area (Å²) in [6, 6.07) is 2.00. The van der Waals surface area contributed by atoms with E-state index in [9.17, 15) is 18.3 Å². The second-order valence-electron chi connectivity index (χ2n) is 5.06. The molecule has 0 spiro atoms. The Morgan fingerprint density at radius 3 is 2.56 bits per heavy atom. The summed E-state index contributed by atoms with van der Waals surface area (Å²) >= 11 is 0. The maximum Gasteiger partial charge on any atom is 0.194 e. The van der Waals surface area contributed by atoms with E-state index in [0.717, 1.165) is 37.8 Å². The maximum absolute atomic E-state index is 13.6. The van der Waals surface area contributed by atoms with Gasteiger partial charge in [0.25, 0.3) is 0 Å². The van der Waals surface area contributed by atoms with Crippen molar-refractivity contribution in [1.29, 1.82) is 0 Å². The fourth-order valence-electron chi connectivity index (χ4n) is 2.79. The van der Waals surface area contributed by atoms with Crippen LogP contribution in [0.5, 0.6) is 0 Å². The predicted molar refractivity (Wildman–Crippen MR) is 62.4 cm³/mol. The van der Waals surface area contributed by atoms with E-state index >= 15 is 0 Å². The van der Waals surface area contributed by atoms with Crippen LogP contribution < -0.4 is 0 Å². The summed E-state index contributed by atoms with van der Waals surface area (Å²) in [5.41, 5.74) is -0.129. The Balaban J connectivity index is 2.19. The Kier molecular flexibility index (Phi) is 3.95. The second kappa shape index (κ2) is 5.31. The first-order valence-electron chi connectivity index (χ1n) is 6.36. The fraction of sp³-hybridized carbons (Fsp3) is 0.571. The zero-order valence-electron chi connectivity index (χ0n) is 10.3. The average Bonchev–Trinajstić information content (AvgIpc) is 2.84. The minimum absolute atomic E-state index is 0.0608. The SMILES string of the molecule is CCC1CCC(C(O)c2ccc(F)c(F)c2F)C1. The third-order valence-electron chi connectivity index (χ3n) is 3.99. The van der Waals surface area contributed by atoms with E-state index in [4.69, 9.17) is 0 Å². The van der Waals surface area contributed by atoms with E-state index in [1.54, 1.807) is 0 Å². The van der Waals surface area contributed by atoms with Crippen LogP contribution in [-0.2, 0) is 0 Å². The molecule has 1 aliphatic carbocycles. The van der Waals surface area contributed by atoms with Gasteiger partial charge in [0.1, 0.15) is 0 Å². The summed E-state index contributed by atoms with van der Waals surface area (Å²) in [7, 11) is 0. The van der Waals surface area contributed by atoms with Gasteiger partial charge in [-0.3, -0.25) is 0 Å². The Labute approximate surface area is 105 Å².